The number of nitro benzene ring substituents is 1. The third kappa shape index (κ3) is 3.48. The number of rotatable bonds is 8. The molecule has 0 aliphatic rings. The van der Waals surface area contributed by atoms with E-state index < -0.39 is 4.92 Å². The SMILES string of the molecule is CCCCC(CC)CNc1ccc([N+](=O)[O-])c2nonc12. The third-order valence-corrected chi connectivity index (χ3v) is 3.72. The van der Waals surface area contributed by atoms with Gasteiger partial charge in [-0.05, 0) is 28.7 Å². The van der Waals surface area contributed by atoms with Gasteiger partial charge in [0.25, 0.3) is 0 Å². The van der Waals surface area contributed by atoms with E-state index in [1.54, 1.807) is 6.07 Å². The van der Waals surface area contributed by atoms with Crippen LogP contribution in [0.3, 0.4) is 0 Å². The Balaban J connectivity index is 2.14. The molecule has 1 aromatic carbocycles. The Morgan fingerprint density at radius 1 is 1.33 bits per heavy atom. The second-order valence-electron chi connectivity index (χ2n) is 5.15. The van der Waals surface area contributed by atoms with Gasteiger partial charge in [-0.1, -0.05) is 33.1 Å². The summed E-state index contributed by atoms with van der Waals surface area (Å²) in [4.78, 5) is 10.5. The molecular weight excluding hydrogens is 272 g/mol. The minimum absolute atomic E-state index is 0.0881. The van der Waals surface area contributed by atoms with Crippen LogP contribution in [0, 0.1) is 16.0 Å². The van der Waals surface area contributed by atoms with E-state index in [4.69, 9.17) is 0 Å². The van der Waals surface area contributed by atoms with Gasteiger partial charge >= 0.3 is 5.69 Å². The first kappa shape index (κ1) is 15.2. The molecule has 0 spiro atoms. The maximum atomic E-state index is 10.9. The van der Waals surface area contributed by atoms with Crippen molar-refractivity contribution in [3.8, 4) is 0 Å². The number of fused-ring (bicyclic) bond motifs is 1. The summed E-state index contributed by atoms with van der Waals surface area (Å²) in [6.07, 6.45) is 4.67. The first-order chi connectivity index (χ1) is 10.2. The molecule has 0 aliphatic carbocycles. The van der Waals surface area contributed by atoms with Crippen LogP contribution in [0.15, 0.2) is 16.8 Å². The standard InChI is InChI=1S/C14H20N4O3/c1-3-5-6-10(4-2)9-15-11-7-8-12(18(19)20)14-13(11)16-21-17-14/h7-8,10,15H,3-6,9H2,1-2H3. The van der Waals surface area contributed by atoms with E-state index in [-0.39, 0.29) is 11.2 Å². The Hall–Kier alpha value is -2.18. The Morgan fingerprint density at radius 2 is 2.10 bits per heavy atom. The molecule has 1 unspecified atom stereocenters. The molecule has 2 aromatic rings. The highest BCUT2D eigenvalue weighted by Gasteiger charge is 2.19. The number of hydrogen-bond donors (Lipinski definition) is 1. The van der Waals surface area contributed by atoms with Crippen molar-refractivity contribution in [2.75, 3.05) is 11.9 Å². The number of benzene rings is 1. The van der Waals surface area contributed by atoms with Gasteiger partial charge in [0.15, 0.2) is 5.52 Å². The van der Waals surface area contributed by atoms with E-state index in [1.165, 1.54) is 25.3 Å². The number of aromatic nitrogens is 2. The minimum Gasteiger partial charge on any atom is -0.383 e. The van der Waals surface area contributed by atoms with Crippen LogP contribution in [0.4, 0.5) is 11.4 Å². The lowest BCUT2D eigenvalue weighted by Crippen LogP contribution is -2.14. The van der Waals surface area contributed by atoms with Crippen LogP contribution in [0.1, 0.15) is 39.5 Å². The number of hydrogen-bond acceptors (Lipinski definition) is 6. The van der Waals surface area contributed by atoms with Gasteiger partial charge in [0.1, 0.15) is 0 Å². The maximum absolute atomic E-state index is 10.9. The molecule has 7 heteroatoms. The lowest BCUT2D eigenvalue weighted by molar-refractivity contribution is -0.383. The summed E-state index contributed by atoms with van der Waals surface area (Å²) in [5.41, 5.74) is 1.24. The molecule has 1 atom stereocenters. The number of anilines is 1. The fraction of sp³-hybridized carbons (Fsp3) is 0.571. The Kier molecular flexibility index (Phi) is 5.08. The van der Waals surface area contributed by atoms with Crippen molar-refractivity contribution in [3.63, 3.8) is 0 Å². The predicted octanol–water partition coefficient (Wildman–Crippen LogP) is 3.76. The highest BCUT2D eigenvalue weighted by molar-refractivity contribution is 5.93. The van der Waals surface area contributed by atoms with Gasteiger partial charge in [0, 0.05) is 12.6 Å². The second kappa shape index (κ2) is 7.01. The second-order valence-corrected chi connectivity index (χ2v) is 5.15. The Bertz CT molecular complexity index is 611. The highest BCUT2D eigenvalue weighted by Crippen LogP contribution is 2.29. The average Bonchev–Trinajstić information content (AvgIpc) is 2.96. The molecule has 0 fully saturated rings. The number of nitro groups is 1. The lowest BCUT2D eigenvalue weighted by atomic mass is 9.99. The highest BCUT2D eigenvalue weighted by atomic mass is 16.6. The van der Waals surface area contributed by atoms with E-state index in [9.17, 15) is 10.1 Å². The Labute approximate surface area is 122 Å². The molecule has 0 radical (unpaired) electrons. The number of nitrogens with one attached hydrogen (secondary N) is 1. The van der Waals surface area contributed by atoms with Gasteiger partial charge in [0.2, 0.25) is 5.52 Å². The maximum Gasteiger partial charge on any atom is 0.300 e. The average molecular weight is 292 g/mol. The zero-order valence-corrected chi connectivity index (χ0v) is 12.3. The molecule has 7 nitrogen and oxygen atoms in total. The molecule has 1 heterocycles. The lowest BCUT2D eigenvalue weighted by Gasteiger charge is -2.16. The van der Waals surface area contributed by atoms with Crippen LogP contribution in [0.2, 0.25) is 0 Å². The van der Waals surface area contributed by atoms with Crippen LogP contribution < -0.4 is 5.32 Å². The molecule has 0 saturated carbocycles. The Morgan fingerprint density at radius 3 is 2.76 bits per heavy atom. The van der Waals surface area contributed by atoms with Crippen molar-refractivity contribution < 1.29 is 9.55 Å². The molecule has 0 aliphatic heterocycles. The van der Waals surface area contributed by atoms with Crippen LogP contribution >= 0.6 is 0 Å². The van der Waals surface area contributed by atoms with E-state index in [0.717, 1.165) is 18.7 Å². The quantitative estimate of drug-likeness (QED) is 0.588. The number of unbranched alkanes of at least 4 members (excludes halogenated alkanes) is 1. The molecular formula is C14H20N4O3. The van der Waals surface area contributed by atoms with Crippen molar-refractivity contribution in [2.24, 2.45) is 5.92 Å². The largest absolute Gasteiger partial charge is 0.383 e. The van der Waals surface area contributed by atoms with Crippen LogP contribution in [-0.2, 0) is 0 Å². The number of non-ortho nitro benzene ring substituents is 1. The molecule has 0 amide bonds. The van der Waals surface area contributed by atoms with Crippen LogP contribution in [0.25, 0.3) is 11.0 Å². The number of nitrogens with zero attached hydrogens (tertiary/aromatic N) is 3. The summed E-state index contributed by atoms with van der Waals surface area (Å²) in [6.45, 7) is 5.17. The molecule has 21 heavy (non-hydrogen) atoms. The minimum atomic E-state index is -0.480. The van der Waals surface area contributed by atoms with Crippen molar-refractivity contribution in [1.29, 1.82) is 0 Å². The molecule has 2 rings (SSSR count). The predicted molar refractivity (Wildman–Crippen MR) is 80.3 cm³/mol. The summed E-state index contributed by atoms with van der Waals surface area (Å²) in [5, 5.41) is 21.6. The van der Waals surface area contributed by atoms with Gasteiger partial charge in [-0.3, -0.25) is 10.1 Å². The third-order valence-electron chi connectivity index (χ3n) is 3.72. The summed E-state index contributed by atoms with van der Waals surface area (Å²) >= 11 is 0. The van der Waals surface area contributed by atoms with Crippen LogP contribution in [0.5, 0.6) is 0 Å². The molecule has 0 saturated heterocycles. The molecule has 1 aromatic heterocycles. The van der Waals surface area contributed by atoms with Crippen molar-refractivity contribution in [2.45, 2.75) is 39.5 Å². The first-order valence-electron chi connectivity index (χ1n) is 7.30. The van der Waals surface area contributed by atoms with Gasteiger partial charge < -0.3 is 5.32 Å². The van der Waals surface area contributed by atoms with Gasteiger partial charge in [-0.25, -0.2) is 4.63 Å². The summed E-state index contributed by atoms with van der Waals surface area (Å²) in [6, 6.07) is 3.10. The van der Waals surface area contributed by atoms with E-state index in [0.29, 0.717) is 11.4 Å². The fourth-order valence-corrected chi connectivity index (χ4v) is 2.34. The topological polar surface area (TPSA) is 94.1 Å². The van der Waals surface area contributed by atoms with E-state index in [2.05, 4.69) is 34.1 Å². The smallest absolute Gasteiger partial charge is 0.300 e. The van der Waals surface area contributed by atoms with E-state index >= 15 is 0 Å². The monoisotopic (exact) mass is 292 g/mol. The van der Waals surface area contributed by atoms with Crippen molar-refractivity contribution in [1.82, 2.24) is 10.3 Å². The summed E-state index contributed by atoms with van der Waals surface area (Å²) in [5.74, 6) is 0.579. The fourth-order valence-electron chi connectivity index (χ4n) is 2.34. The summed E-state index contributed by atoms with van der Waals surface area (Å²) in [7, 11) is 0. The van der Waals surface area contributed by atoms with E-state index in [1.807, 2.05) is 0 Å². The van der Waals surface area contributed by atoms with Crippen molar-refractivity contribution >= 4 is 22.4 Å². The van der Waals surface area contributed by atoms with Crippen LogP contribution in [-0.4, -0.2) is 21.8 Å². The zero-order valence-electron chi connectivity index (χ0n) is 12.3. The summed E-state index contributed by atoms with van der Waals surface area (Å²) < 4.78 is 4.65. The van der Waals surface area contributed by atoms with Gasteiger partial charge in [-0.15, -0.1) is 0 Å². The molecule has 0 bridgehead atoms. The molecule has 1 N–H and O–H groups in total. The normalized spacial score (nSPS) is 12.5. The zero-order chi connectivity index (χ0) is 15.2. The van der Waals surface area contributed by atoms with Crippen molar-refractivity contribution in [3.05, 3.63) is 22.2 Å². The first-order valence-corrected chi connectivity index (χ1v) is 7.30. The van der Waals surface area contributed by atoms with Gasteiger partial charge in [0.05, 0.1) is 10.6 Å². The van der Waals surface area contributed by atoms with Gasteiger partial charge in [-0.2, -0.15) is 0 Å². The molecule has 114 valence electrons.